The number of amides is 1. The number of rotatable bonds is 6. The minimum absolute atomic E-state index is 0.103. The summed E-state index contributed by atoms with van der Waals surface area (Å²) in [6.07, 6.45) is 0.720. The first kappa shape index (κ1) is 19.9. The highest BCUT2D eigenvalue weighted by atomic mass is 35.5. The van der Waals surface area contributed by atoms with Crippen molar-refractivity contribution in [3.63, 3.8) is 0 Å². The Morgan fingerprint density at radius 3 is 2.20 bits per heavy atom. The van der Waals surface area contributed by atoms with Gasteiger partial charge in [-0.15, -0.1) is 0 Å². The number of benzene rings is 3. The van der Waals surface area contributed by atoms with E-state index in [2.05, 4.69) is 5.10 Å². The monoisotopic (exact) mass is 418 g/mol. The highest BCUT2D eigenvalue weighted by molar-refractivity contribution is 6.30. The zero-order chi connectivity index (χ0) is 20.9. The van der Waals surface area contributed by atoms with Crippen molar-refractivity contribution in [3.05, 3.63) is 101 Å². The summed E-state index contributed by atoms with van der Waals surface area (Å²) in [6, 6.07) is 23.3. The molecule has 0 aliphatic carbocycles. The van der Waals surface area contributed by atoms with Crippen LogP contribution in [0.2, 0.25) is 5.02 Å². The number of hydrazone groups is 1. The van der Waals surface area contributed by atoms with Crippen molar-refractivity contribution in [2.45, 2.75) is 6.42 Å². The fourth-order valence-electron chi connectivity index (χ4n) is 3.16. The molecule has 0 saturated heterocycles. The van der Waals surface area contributed by atoms with Gasteiger partial charge in [-0.05, 0) is 54.1 Å². The number of halogens is 1. The number of carbonyl (C=O) groups excluding carboxylic acids is 2. The van der Waals surface area contributed by atoms with Gasteiger partial charge in [0.1, 0.15) is 5.75 Å². The van der Waals surface area contributed by atoms with Crippen molar-refractivity contribution >= 4 is 29.0 Å². The Morgan fingerprint density at radius 2 is 1.53 bits per heavy atom. The molecule has 1 amide bonds. The Kier molecular flexibility index (Phi) is 5.91. The van der Waals surface area contributed by atoms with Gasteiger partial charge in [-0.1, -0.05) is 41.9 Å². The van der Waals surface area contributed by atoms with Crippen LogP contribution < -0.4 is 4.74 Å². The third kappa shape index (κ3) is 4.58. The van der Waals surface area contributed by atoms with Crippen LogP contribution in [0.25, 0.3) is 0 Å². The van der Waals surface area contributed by atoms with Gasteiger partial charge in [0.15, 0.2) is 12.4 Å². The molecule has 0 atom stereocenters. The van der Waals surface area contributed by atoms with Gasteiger partial charge in [0.05, 0.1) is 12.3 Å². The summed E-state index contributed by atoms with van der Waals surface area (Å²) in [4.78, 5) is 24.9. The van der Waals surface area contributed by atoms with Gasteiger partial charge in [-0.2, -0.15) is 5.10 Å². The maximum atomic E-state index is 12.5. The molecule has 30 heavy (non-hydrogen) atoms. The molecule has 0 spiro atoms. The number of ether oxygens (including phenoxy) is 1. The Morgan fingerprint density at radius 1 is 0.900 bits per heavy atom. The van der Waals surface area contributed by atoms with Crippen LogP contribution in [0.4, 0.5) is 0 Å². The van der Waals surface area contributed by atoms with E-state index in [0.29, 0.717) is 28.4 Å². The molecule has 5 nitrogen and oxygen atoms in total. The van der Waals surface area contributed by atoms with Gasteiger partial charge in [0.2, 0.25) is 0 Å². The van der Waals surface area contributed by atoms with E-state index >= 15 is 0 Å². The number of nitrogens with zero attached hydrogens (tertiary/aromatic N) is 2. The van der Waals surface area contributed by atoms with Crippen molar-refractivity contribution in [1.29, 1.82) is 0 Å². The predicted molar refractivity (Wildman–Crippen MR) is 116 cm³/mol. The maximum Gasteiger partial charge on any atom is 0.280 e. The topological polar surface area (TPSA) is 59.0 Å². The van der Waals surface area contributed by atoms with Crippen molar-refractivity contribution in [2.75, 3.05) is 13.2 Å². The van der Waals surface area contributed by atoms with Crippen LogP contribution in [0.1, 0.15) is 27.9 Å². The van der Waals surface area contributed by atoms with Crippen LogP contribution in [-0.4, -0.2) is 35.6 Å². The summed E-state index contributed by atoms with van der Waals surface area (Å²) in [5.41, 5.74) is 3.01. The van der Waals surface area contributed by atoms with Crippen molar-refractivity contribution in [1.82, 2.24) is 5.01 Å². The second-order valence-corrected chi connectivity index (χ2v) is 7.27. The molecule has 4 rings (SSSR count). The fourth-order valence-corrected chi connectivity index (χ4v) is 3.29. The first-order chi connectivity index (χ1) is 14.6. The molecule has 0 aromatic heterocycles. The van der Waals surface area contributed by atoms with E-state index in [9.17, 15) is 9.59 Å². The average Bonchev–Trinajstić information content (AvgIpc) is 3.29. The summed E-state index contributed by atoms with van der Waals surface area (Å²) in [5.74, 6) is 0.207. The van der Waals surface area contributed by atoms with E-state index in [1.54, 1.807) is 48.5 Å². The Labute approximate surface area is 179 Å². The molecule has 1 heterocycles. The number of hydrogen-bond donors (Lipinski definition) is 0. The molecule has 3 aromatic carbocycles. The Bertz CT molecular complexity index is 1080. The maximum absolute atomic E-state index is 12.5. The number of hydrogen-bond acceptors (Lipinski definition) is 4. The molecule has 1 aliphatic rings. The summed E-state index contributed by atoms with van der Waals surface area (Å²) in [7, 11) is 0. The van der Waals surface area contributed by atoms with Gasteiger partial charge < -0.3 is 4.74 Å². The van der Waals surface area contributed by atoms with Crippen LogP contribution >= 0.6 is 11.6 Å². The second kappa shape index (κ2) is 8.93. The predicted octanol–water partition coefficient (Wildman–Crippen LogP) is 4.59. The van der Waals surface area contributed by atoms with Crippen molar-refractivity contribution < 1.29 is 14.3 Å². The average molecular weight is 419 g/mol. The highest BCUT2D eigenvalue weighted by Crippen LogP contribution is 2.18. The highest BCUT2D eigenvalue weighted by Gasteiger charge is 2.21. The fraction of sp³-hybridized carbons (Fsp3) is 0.125. The lowest BCUT2D eigenvalue weighted by molar-refractivity contribution is -0.132. The summed E-state index contributed by atoms with van der Waals surface area (Å²) >= 11 is 5.86. The lowest BCUT2D eigenvalue weighted by Crippen LogP contribution is -2.28. The first-order valence-corrected chi connectivity index (χ1v) is 9.94. The van der Waals surface area contributed by atoms with Gasteiger partial charge in [0, 0.05) is 22.6 Å². The molecular weight excluding hydrogens is 400 g/mol. The zero-order valence-electron chi connectivity index (χ0n) is 16.1. The van der Waals surface area contributed by atoms with E-state index in [1.807, 2.05) is 30.3 Å². The van der Waals surface area contributed by atoms with Gasteiger partial charge in [-0.3, -0.25) is 9.59 Å². The zero-order valence-corrected chi connectivity index (χ0v) is 16.9. The van der Waals surface area contributed by atoms with Gasteiger partial charge in [-0.25, -0.2) is 5.01 Å². The molecular formula is C24H19ClN2O3. The normalized spacial score (nSPS) is 13.1. The van der Waals surface area contributed by atoms with Crippen LogP contribution in [-0.2, 0) is 4.79 Å². The second-order valence-electron chi connectivity index (χ2n) is 6.83. The molecule has 0 radical (unpaired) electrons. The minimum Gasteiger partial charge on any atom is -0.484 e. The van der Waals surface area contributed by atoms with Crippen LogP contribution in [0.5, 0.6) is 5.75 Å². The first-order valence-electron chi connectivity index (χ1n) is 9.56. The summed E-state index contributed by atoms with van der Waals surface area (Å²) in [6.45, 7) is 0.428. The number of carbonyl (C=O) groups is 2. The van der Waals surface area contributed by atoms with Crippen molar-refractivity contribution in [2.24, 2.45) is 5.10 Å². The lowest BCUT2D eigenvalue weighted by Gasteiger charge is -2.12. The minimum atomic E-state index is -0.206. The summed E-state index contributed by atoms with van der Waals surface area (Å²) < 4.78 is 5.59. The molecule has 0 fully saturated rings. The molecule has 0 N–H and O–H groups in total. The Hall–Kier alpha value is -3.44. The van der Waals surface area contributed by atoms with E-state index in [-0.39, 0.29) is 18.3 Å². The van der Waals surface area contributed by atoms with Gasteiger partial charge in [0.25, 0.3) is 5.91 Å². The lowest BCUT2D eigenvalue weighted by atomic mass is 10.0. The van der Waals surface area contributed by atoms with E-state index in [1.165, 1.54) is 5.01 Å². The molecule has 0 bridgehead atoms. The van der Waals surface area contributed by atoms with E-state index < -0.39 is 0 Å². The molecule has 150 valence electrons. The third-order valence-electron chi connectivity index (χ3n) is 4.78. The summed E-state index contributed by atoms with van der Waals surface area (Å²) in [5, 5.41) is 6.44. The molecule has 3 aromatic rings. The third-order valence-corrected chi connectivity index (χ3v) is 5.03. The van der Waals surface area contributed by atoms with Crippen molar-refractivity contribution in [3.8, 4) is 5.75 Å². The van der Waals surface area contributed by atoms with Gasteiger partial charge >= 0.3 is 0 Å². The standard InChI is InChI=1S/C24H19ClN2O3/c25-20-10-6-18(7-11-20)24(29)19-8-12-21(13-9-19)30-16-23(28)27-15-14-22(26-27)17-4-2-1-3-5-17/h1-13H,14-16H2. The SMILES string of the molecule is O=C(c1ccc(Cl)cc1)c1ccc(OCC(=O)N2CCC(c3ccccc3)=N2)cc1. The Balaban J connectivity index is 1.34. The number of ketones is 1. The smallest absolute Gasteiger partial charge is 0.280 e. The van der Waals surface area contributed by atoms with Crippen LogP contribution in [0.15, 0.2) is 84.0 Å². The molecule has 0 saturated carbocycles. The molecule has 0 unspecified atom stereocenters. The van der Waals surface area contributed by atoms with Crippen LogP contribution in [0, 0.1) is 0 Å². The van der Waals surface area contributed by atoms with E-state index in [0.717, 1.165) is 17.7 Å². The largest absolute Gasteiger partial charge is 0.484 e. The quantitative estimate of drug-likeness (QED) is 0.550. The van der Waals surface area contributed by atoms with E-state index in [4.69, 9.17) is 16.3 Å². The molecule has 6 heteroatoms. The molecule has 1 aliphatic heterocycles. The van der Waals surface area contributed by atoms with Crippen LogP contribution in [0.3, 0.4) is 0 Å².